The van der Waals surface area contributed by atoms with Gasteiger partial charge >= 0.3 is 0 Å². The zero-order valence-electron chi connectivity index (χ0n) is 29.6. The van der Waals surface area contributed by atoms with Crippen LogP contribution in [0.15, 0.2) is 217 Å². The molecular formula is C52H35NO. The van der Waals surface area contributed by atoms with Crippen molar-refractivity contribution in [3.05, 3.63) is 212 Å². The lowest BCUT2D eigenvalue weighted by atomic mass is 9.86. The van der Waals surface area contributed by atoms with Crippen molar-refractivity contribution in [2.24, 2.45) is 0 Å². The molecule has 2 heteroatoms. The highest BCUT2D eigenvalue weighted by atomic mass is 16.3. The SMILES string of the molecule is c1ccc(-c2ccc(-c3ccccc3N(c3ccc4ccccc4c3)c3cccc4c3oc3ccccc34)c(-c3ccccc3-c3ccccc3)c2)cc1. The fourth-order valence-corrected chi connectivity index (χ4v) is 7.93. The molecule has 0 aliphatic carbocycles. The summed E-state index contributed by atoms with van der Waals surface area (Å²) < 4.78 is 6.72. The maximum absolute atomic E-state index is 6.72. The highest BCUT2D eigenvalue weighted by Gasteiger charge is 2.24. The summed E-state index contributed by atoms with van der Waals surface area (Å²) in [5.74, 6) is 0. The first-order valence-corrected chi connectivity index (χ1v) is 18.4. The third-order valence-corrected chi connectivity index (χ3v) is 10.5. The zero-order valence-corrected chi connectivity index (χ0v) is 29.6. The van der Waals surface area contributed by atoms with Crippen molar-refractivity contribution in [1.29, 1.82) is 0 Å². The van der Waals surface area contributed by atoms with Crippen LogP contribution in [0, 0.1) is 0 Å². The van der Waals surface area contributed by atoms with Gasteiger partial charge in [-0.15, -0.1) is 0 Å². The summed E-state index contributed by atoms with van der Waals surface area (Å²) in [6.07, 6.45) is 0. The molecule has 0 amide bonds. The Kier molecular flexibility index (Phi) is 7.85. The zero-order chi connectivity index (χ0) is 35.8. The van der Waals surface area contributed by atoms with E-state index in [1.54, 1.807) is 0 Å². The number of para-hydroxylation sites is 3. The third-order valence-electron chi connectivity index (χ3n) is 10.5. The van der Waals surface area contributed by atoms with Crippen molar-refractivity contribution in [3.63, 3.8) is 0 Å². The Bertz CT molecular complexity index is 2940. The molecule has 0 unspecified atom stereocenters. The molecule has 0 fully saturated rings. The predicted octanol–water partition coefficient (Wildman–Crippen LogP) is 14.9. The monoisotopic (exact) mass is 689 g/mol. The smallest absolute Gasteiger partial charge is 0.159 e. The predicted molar refractivity (Wildman–Crippen MR) is 228 cm³/mol. The van der Waals surface area contributed by atoms with Gasteiger partial charge in [-0.3, -0.25) is 0 Å². The van der Waals surface area contributed by atoms with Gasteiger partial charge in [-0.05, 0) is 86.1 Å². The quantitative estimate of drug-likeness (QED) is 0.166. The molecule has 0 saturated carbocycles. The van der Waals surface area contributed by atoms with E-state index >= 15 is 0 Å². The number of anilines is 3. The van der Waals surface area contributed by atoms with Crippen LogP contribution in [0.25, 0.3) is 77.2 Å². The third kappa shape index (κ3) is 5.53. The van der Waals surface area contributed by atoms with Crippen LogP contribution in [0.4, 0.5) is 17.1 Å². The molecular weight excluding hydrogens is 655 g/mol. The molecule has 0 N–H and O–H groups in total. The highest BCUT2D eigenvalue weighted by molar-refractivity contribution is 6.11. The van der Waals surface area contributed by atoms with Crippen molar-refractivity contribution in [2.75, 3.05) is 4.90 Å². The second kappa shape index (κ2) is 13.4. The fraction of sp³-hybridized carbons (Fsp3) is 0. The Morgan fingerprint density at radius 3 is 1.76 bits per heavy atom. The average molecular weight is 690 g/mol. The van der Waals surface area contributed by atoms with E-state index in [1.807, 2.05) is 6.07 Å². The minimum Gasteiger partial charge on any atom is -0.454 e. The maximum atomic E-state index is 6.72. The second-order valence-electron chi connectivity index (χ2n) is 13.7. The summed E-state index contributed by atoms with van der Waals surface area (Å²) >= 11 is 0. The highest BCUT2D eigenvalue weighted by Crippen LogP contribution is 2.48. The number of rotatable bonds is 7. The van der Waals surface area contributed by atoms with E-state index in [1.165, 1.54) is 44.2 Å². The minimum atomic E-state index is 0.857. The van der Waals surface area contributed by atoms with Crippen molar-refractivity contribution >= 4 is 49.8 Å². The fourth-order valence-electron chi connectivity index (χ4n) is 7.93. The molecule has 2 nitrogen and oxygen atoms in total. The largest absolute Gasteiger partial charge is 0.454 e. The van der Waals surface area contributed by atoms with Gasteiger partial charge in [0.25, 0.3) is 0 Å². The first kappa shape index (κ1) is 31.6. The number of furan rings is 1. The van der Waals surface area contributed by atoms with Gasteiger partial charge in [0.15, 0.2) is 5.58 Å². The molecule has 10 aromatic rings. The summed E-state index contributed by atoms with van der Waals surface area (Å²) in [7, 11) is 0. The first-order valence-electron chi connectivity index (χ1n) is 18.4. The van der Waals surface area contributed by atoms with Gasteiger partial charge in [0.05, 0.1) is 11.4 Å². The lowest BCUT2D eigenvalue weighted by Gasteiger charge is -2.29. The van der Waals surface area contributed by atoms with Gasteiger partial charge in [-0.2, -0.15) is 0 Å². The Morgan fingerprint density at radius 1 is 0.315 bits per heavy atom. The van der Waals surface area contributed by atoms with Crippen molar-refractivity contribution < 1.29 is 4.42 Å². The Balaban J connectivity index is 1.26. The minimum absolute atomic E-state index is 0.857. The topological polar surface area (TPSA) is 16.4 Å². The van der Waals surface area contributed by atoms with Gasteiger partial charge in [0.2, 0.25) is 0 Å². The molecule has 0 atom stereocenters. The molecule has 0 saturated heterocycles. The normalized spacial score (nSPS) is 11.3. The van der Waals surface area contributed by atoms with E-state index in [0.29, 0.717) is 0 Å². The van der Waals surface area contributed by atoms with Crippen LogP contribution in [-0.2, 0) is 0 Å². The summed E-state index contributed by atoms with van der Waals surface area (Å²) in [6.45, 7) is 0. The van der Waals surface area contributed by atoms with Crippen LogP contribution >= 0.6 is 0 Å². The Morgan fingerprint density at radius 2 is 0.926 bits per heavy atom. The molecule has 1 heterocycles. The molecule has 0 aliphatic rings. The summed E-state index contributed by atoms with van der Waals surface area (Å²) in [4.78, 5) is 2.38. The van der Waals surface area contributed by atoms with Gasteiger partial charge in [0, 0.05) is 22.0 Å². The maximum Gasteiger partial charge on any atom is 0.159 e. The second-order valence-corrected chi connectivity index (χ2v) is 13.7. The van der Waals surface area contributed by atoms with Crippen LogP contribution in [0.2, 0.25) is 0 Å². The first-order chi connectivity index (χ1) is 26.8. The Hall–Kier alpha value is -7.16. The molecule has 254 valence electrons. The Labute approximate surface area is 314 Å². The van der Waals surface area contributed by atoms with Gasteiger partial charge in [-0.25, -0.2) is 0 Å². The molecule has 1 aromatic heterocycles. The lowest BCUT2D eigenvalue weighted by Crippen LogP contribution is -2.11. The van der Waals surface area contributed by atoms with E-state index in [-0.39, 0.29) is 0 Å². The number of benzene rings is 9. The summed E-state index contributed by atoms with van der Waals surface area (Å²) in [5.41, 5.74) is 14.2. The van der Waals surface area contributed by atoms with Gasteiger partial charge in [0.1, 0.15) is 5.58 Å². The van der Waals surface area contributed by atoms with Crippen molar-refractivity contribution in [1.82, 2.24) is 0 Å². The van der Waals surface area contributed by atoms with Crippen molar-refractivity contribution in [2.45, 2.75) is 0 Å². The number of fused-ring (bicyclic) bond motifs is 4. The van der Waals surface area contributed by atoms with Crippen LogP contribution in [-0.4, -0.2) is 0 Å². The number of hydrogen-bond donors (Lipinski definition) is 0. The van der Waals surface area contributed by atoms with Gasteiger partial charge in [-0.1, -0.05) is 176 Å². The van der Waals surface area contributed by atoms with E-state index < -0.39 is 0 Å². The van der Waals surface area contributed by atoms with E-state index in [4.69, 9.17) is 4.42 Å². The summed E-state index contributed by atoms with van der Waals surface area (Å²) in [5, 5.41) is 4.58. The number of hydrogen-bond acceptors (Lipinski definition) is 2. The van der Waals surface area contributed by atoms with Crippen LogP contribution in [0.5, 0.6) is 0 Å². The van der Waals surface area contributed by atoms with Gasteiger partial charge < -0.3 is 9.32 Å². The van der Waals surface area contributed by atoms with E-state index in [2.05, 4.69) is 211 Å². The molecule has 0 aliphatic heterocycles. The van der Waals surface area contributed by atoms with Crippen LogP contribution in [0.1, 0.15) is 0 Å². The van der Waals surface area contributed by atoms with E-state index in [0.717, 1.165) is 50.1 Å². The molecule has 9 aromatic carbocycles. The molecule has 0 spiro atoms. The molecule has 54 heavy (non-hydrogen) atoms. The lowest BCUT2D eigenvalue weighted by molar-refractivity contribution is 0.669. The molecule has 0 bridgehead atoms. The standard InChI is InChI=1S/C52H35NO/c1-3-16-36(17-4-1)40-31-33-44(48(35-40)43-23-10-9-22-42(43)38-19-5-2-6-20-38)45-24-11-13-27-49(45)53(41-32-30-37-18-7-8-21-39(37)34-41)50-28-15-26-47-46-25-12-14-29-51(46)54-52(47)50/h1-35H. The number of nitrogens with zero attached hydrogens (tertiary/aromatic N) is 1. The van der Waals surface area contributed by atoms with Crippen LogP contribution in [0.3, 0.4) is 0 Å². The molecule has 0 radical (unpaired) electrons. The molecule has 10 rings (SSSR count). The van der Waals surface area contributed by atoms with Crippen LogP contribution < -0.4 is 4.90 Å². The average Bonchev–Trinajstić information content (AvgIpc) is 3.64. The van der Waals surface area contributed by atoms with Crippen molar-refractivity contribution in [3.8, 4) is 44.5 Å². The summed E-state index contributed by atoms with van der Waals surface area (Å²) in [6, 6.07) is 75.9. The van der Waals surface area contributed by atoms with E-state index in [9.17, 15) is 0 Å².